The molecule has 0 saturated heterocycles. The highest BCUT2D eigenvalue weighted by molar-refractivity contribution is 6.32. The quantitative estimate of drug-likeness (QED) is 0.799. The van der Waals surface area contributed by atoms with Crippen molar-refractivity contribution in [3.05, 3.63) is 28.8 Å². The van der Waals surface area contributed by atoms with Gasteiger partial charge >= 0.3 is 0 Å². The van der Waals surface area contributed by atoms with Gasteiger partial charge in [0.1, 0.15) is 5.75 Å². The zero-order valence-electron chi connectivity index (χ0n) is 8.76. The van der Waals surface area contributed by atoms with Gasteiger partial charge in [0.25, 0.3) is 0 Å². The van der Waals surface area contributed by atoms with E-state index in [1.807, 2.05) is 12.1 Å². The van der Waals surface area contributed by atoms with Crippen LogP contribution in [0.4, 0.5) is 0 Å². The molecule has 0 spiro atoms. The second-order valence-electron chi connectivity index (χ2n) is 3.67. The van der Waals surface area contributed by atoms with Crippen molar-refractivity contribution < 1.29 is 5.11 Å². The molecule has 1 aromatic carbocycles. The van der Waals surface area contributed by atoms with Crippen LogP contribution in [0.15, 0.2) is 18.2 Å². The lowest BCUT2D eigenvalue weighted by atomic mass is 9.95. The Kier molecular flexibility index (Phi) is 4.27. The zero-order valence-corrected chi connectivity index (χ0v) is 9.51. The van der Waals surface area contributed by atoms with E-state index in [1.54, 1.807) is 6.07 Å². The van der Waals surface area contributed by atoms with Crippen LogP contribution in [-0.4, -0.2) is 5.11 Å². The number of phenolic OH excluding ortho intramolecular Hbond substituents is 1. The van der Waals surface area contributed by atoms with Crippen LogP contribution in [0, 0.1) is 5.92 Å². The van der Waals surface area contributed by atoms with Crippen molar-refractivity contribution in [2.75, 3.05) is 0 Å². The Balaban J connectivity index is 2.72. The van der Waals surface area contributed by atoms with Crippen molar-refractivity contribution >= 4 is 11.6 Å². The summed E-state index contributed by atoms with van der Waals surface area (Å²) in [6.07, 6.45) is 3.43. The zero-order chi connectivity index (χ0) is 10.6. The Labute approximate surface area is 90.7 Å². The van der Waals surface area contributed by atoms with Gasteiger partial charge < -0.3 is 5.11 Å². The summed E-state index contributed by atoms with van der Waals surface area (Å²) in [4.78, 5) is 0. The van der Waals surface area contributed by atoms with Gasteiger partial charge in [-0.3, -0.25) is 0 Å². The highest BCUT2D eigenvalue weighted by Crippen LogP contribution is 2.25. The molecule has 0 aliphatic heterocycles. The average Bonchev–Trinajstić information content (AvgIpc) is 2.19. The molecule has 0 amide bonds. The Morgan fingerprint density at radius 3 is 2.43 bits per heavy atom. The van der Waals surface area contributed by atoms with Gasteiger partial charge in [-0.25, -0.2) is 0 Å². The first-order chi connectivity index (χ1) is 6.67. The van der Waals surface area contributed by atoms with E-state index in [-0.39, 0.29) is 5.75 Å². The molecule has 0 saturated carbocycles. The second kappa shape index (κ2) is 5.26. The first-order valence-corrected chi connectivity index (χ1v) is 5.52. The van der Waals surface area contributed by atoms with E-state index in [1.165, 1.54) is 18.4 Å². The summed E-state index contributed by atoms with van der Waals surface area (Å²) in [7, 11) is 0. The first kappa shape index (κ1) is 11.4. The molecule has 1 N–H and O–H groups in total. The van der Waals surface area contributed by atoms with Crippen LogP contribution >= 0.6 is 11.6 Å². The van der Waals surface area contributed by atoms with Gasteiger partial charge in [0.05, 0.1) is 5.02 Å². The number of hydrogen-bond acceptors (Lipinski definition) is 1. The minimum atomic E-state index is 0.167. The molecule has 0 radical (unpaired) electrons. The summed E-state index contributed by atoms with van der Waals surface area (Å²) in [5.74, 6) is 0.885. The third-order valence-electron chi connectivity index (χ3n) is 2.69. The maximum atomic E-state index is 9.26. The van der Waals surface area contributed by atoms with E-state index in [4.69, 9.17) is 11.6 Å². The maximum Gasteiger partial charge on any atom is 0.134 e. The van der Waals surface area contributed by atoms with E-state index in [0.29, 0.717) is 5.02 Å². The normalized spacial score (nSPS) is 10.9. The van der Waals surface area contributed by atoms with Crippen LogP contribution in [0.1, 0.15) is 32.3 Å². The number of hydrogen-bond donors (Lipinski definition) is 1. The molecular weight excluding hydrogens is 196 g/mol. The molecule has 78 valence electrons. The highest BCUT2D eigenvalue weighted by atomic mass is 35.5. The van der Waals surface area contributed by atoms with E-state index in [2.05, 4.69) is 13.8 Å². The minimum Gasteiger partial charge on any atom is -0.506 e. The molecule has 2 heteroatoms. The van der Waals surface area contributed by atoms with Crippen LogP contribution in [0.5, 0.6) is 5.75 Å². The summed E-state index contributed by atoms with van der Waals surface area (Å²) >= 11 is 5.83. The molecule has 1 aromatic rings. The summed E-state index contributed by atoms with van der Waals surface area (Å²) in [6, 6.07) is 5.47. The van der Waals surface area contributed by atoms with Crippen LogP contribution in [0.25, 0.3) is 0 Å². The molecule has 0 aliphatic carbocycles. The third-order valence-corrected chi connectivity index (χ3v) is 2.99. The van der Waals surface area contributed by atoms with Gasteiger partial charge in [0.2, 0.25) is 0 Å². The van der Waals surface area contributed by atoms with Crippen LogP contribution in [0.2, 0.25) is 5.02 Å². The number of halogens is 1. The molecule has 1 rings (SSSR count). The van der Waals surface area contributed by atoms with Crippen LogP contribution < -0.4 is 0 Å². The van der Waals surface area contributed by atoms with Crippen molar-refractivity contribution in [3.63, 3.8) is 0 Å². The fraction of sp³-hybridized carbons (Fsp3) is 0.500. The molecule has 1 nitrogen and oxygen atoms in total. The lowest BCUT2D eigenvalue weighted by molar-refractivity contribution is 0.472. The second-order valence-corrected chi connectivity index (χ2v) is 4.08. The van der Waals surface area contributed by atoms with Crippen LogP contribution in [-0.2, 0) is 6.42 Å². The highest BCUT2D eigenvalue weighted by Gasteiger charge is 2.06. The van der Waals surface area contributed by atoms with E-state index < -0.39 is 0 Å². The predicted octanol–water partition coefficient (Wildman–Crippen LogP) is 4.02. The van der Waals surface area contributed by atoms with Gasteiger partial charge in [0.15, 0.2) is 0 Å². The van der Waals surface area contributed by atoms with Gasteiger partial charge in [-0.15, -0.1) is 0 Å². The van der Waals surface area contributed by atoms with Crippen LogP contribution in [0.3, 0.4) is 0 Å². The Morgan fingerprint density at radius 2 is 1.93 bits per heavy atom. The largest absolute Gasteiger partial charge is 0.506 e. The molecule has 0 fully saturated rings. The predicted molar refractivity (Wildman–Crippen MR) is 60.9 cm³/mol. The summed E-state index contributed by atoms with van der Waals surface area (Å²) in [6.45, 7) is 4.41. The number of benzene rings is 1. The van der Waals surface area contributed by atoms with E-state index in [9.17, 15) is 5.11 Å². The fourth-order valence-electron chi connectivity index (χ4n) is 1.59. The van der Waals surface area contributed by atoms with Gasteiger partial charge in [-0.2, -0.15) is 0 Å². The van der Waals surface area contributed by atoms with E-state index in [0.717, 1.165) is 12.3 Å². The lowest BCUT2D eigenvalue weighted by Crippen LogP contribution is -2.01. The first-order valence-electron chi connectivity index (χ1n) is 5.14. The van der Waals surface area contributed by atoms with Gasteiger partial charge in [-0.1, -0.05) is 44.4 Å². The smallest absolute Gasteiger partial charge is 0.134 e. The molecule has 0 bridgehead atoms. The summed E-state index contributed by atoms with van der Waals surface area (Å²) in [5.41, 5.74) is 1.21. The Bertz CT molecular complexity index is 292. The van der Waals surface area contributed by atoms with Crippen molar-refractivity contribution in [3.8, 4) is 5.75 Å². The number of rotatable bonds is 4. The molecule has 0 atom stereocenters. The lowest BCUT2D eigenvalue weighted by Gasteiger charge is -2.12. The van der Waals surface area contributed by atoms with Gasteiger partial charge in [-0.05, 0) is 30.0 Å². The summed E-state index contributed by atoms with van der Waals surface area (Å²) < 4.78 is 0. The monoisotopic (exact) mass is 212 g/mol. The Hall–Kier alpha value is -0.690. The van der Waals surface area contributed by atoms with Crippen molar-refractivity contribution in [1.29, 1.82) is 0 Å². The SMILES string of the molecule is CCC(CC)Cc1ccc(O)c(Cl)c1. The molecule has 0 aliphatic rings. The molecule has 0 unspecified atom stereocenters. The van der Waals surface area contributed by atoms with Crippen molar-refractivity contribution in [2.45, 2.75) is 33.1 Å². The minimum absolute atomic E-state index is 0.167. The van der Waals surface area contributed by atoms with E-state index >= 15 is 0 Å². The molecule has 0 aromatic heterocycles. The number of aromatic hydroxyl groups is 1. The molecular formula is C12H17ClO. The molecule has 14 heavy (non-hydrogen) atoms. The number of phenols is 1. The van der Waals surface area contributed by atoms with Gasteiger partial charge in [0, 0.05) is 0 Å². The average molecular weight is 213 g/mol. The fourth-order valence-corrected chi connectivity index (χ4v) is 1.79. The summed E-state index contributed by atoms with van der Waals surface area (Å²) in [5, 5.41) is 9.71. The third kappa shape index (κ3) is 2.91. The standard InChI is InChI=1S/C12H17ClO/c1-3-9(4-2)7-10-5-6-12(14)11(13)8-10/h5-6,8-9,14H,3-4,7H2,1-2H3. The Morgan fingerprint density at radius 1 is 1.29 bits per heavy atom. The van der Waals surface area contributed by atoms with Crippen molar-refractivity contribution in [2.24, 2.45) is 5.92 Å². The van der Waals surface area contributed by atoms with Crippen molar-refractivity contribution in [1.82, 2.24) is 0 Å². The topological polar surface area (TPSA) is 20.2 Å². The maximum absolute atomic E-state index is 9.26. The molecule has 0 heterocycles.